The molecule has 3 rings (SSSR count). The van der Waals surface area contributed by atoms with Crippen LogP contribution in [0.25, 0.3) is 0 Å². The number of likely N-dealkylation sites (tertiary alicyclic amines) is 1. The number of aliphatic carboxylic acids is 1. The molecule has 1 atom stereocenters. The average Bonchev–Trinajstić information content (AvgIpc) is 2.98. The van der Waals surface area contributed by atoms with Gasteiger partial charge < -0.3 is 20.2 Å². The highest BCUT2D eigenvalue weighted by atomic mass is 16.4. The van der Waals surface area contributed by atoms with Crippen LogP contribution >= 0.6 is 0 Å². The van der Waals surface area contributed by atoms with Crippen molar-refractivity contribution >= 4 is 29.3 Å². The lowest BCUT2D eigenvalue weighted by molar-refractivity contribution is -0.147. The van der Waals surface area contributed by atoms with Crippen molar-refractivity contribution in [2.24, 2.45) is 5.41 Å². The monoisotopic (exact) mass is 345 g/mol. The van der Waals surface area contributed by atoms with Gasteiger partial charge in [-0.1, -0.05) is 0 Å². The predicted octanol–water partition coefficient (Wildman–Crippen LogP) is 2.31. The Hall–Kier alpha value is -2.57. The minimum Gasteiger partial charge on any atom is -0.481 e. The second-order valence-electron chi connectivity index (χ2n) is 7.09. The molecule has 0 bridgehead atoms. The van der Waals surface area contributed by atoms with Crippen molar-refractivity contribution in [3.8, 4) is 0 Å². The average molecular weight is 345 g/mol. The Morgan fingerprint density at radius 1 is 1.24 bits per heavy atom. The van der Waals surface area contributed by atoms with Crippen LogP contribution in [0.2, 0.25) is 0 Å². The molecule has 1 unspecified atom stereocenters. The first-order valence-corrected chi connectivity index (χ1v) is 8.50. The number of nitrogens with zero attached hydrogens (tertiary/aromatic N) is 2. The molecule has 0 aromatic heterocycles. The van der Waals surface area contributed by atoms with Crippen LogP contribution < -0.4 is 10.2 Å². The number of anilines is 2. The van der Waals surface area contributed by atoms with Gasteiger partial charge in [0.1, 0.15) is 0 Å². The van der Waals surface area contributed by atoms with E-state index in [2.05, 4.69) is 5.32 Å². The van der Waals surface area contributed by atoms with Gasteiger partial charge in [-0.05, 0) is 49.9 Å². The molecule has 134 valence electrons. The molecule has 2 N–H and O–H groups in total. The third kappa shape index (κ3) is 3.31. The standard InChI is InChI=1S/C18H23N3O4/c1-12(22)21-8-3-4-13-10-14(5-6-15(13)21)19-17(25)20-9-7-18(2,11-20)16(23)24/h5-6,10H,3-4,7-9,11H2,1-2H3,(H,19,25)(H,23,24). The molecule has 0 aliphatic carbocycles. The van der Waals surface area contributed by atoms with Crippen molar-refractivity contribution in [2.45, 2.75) is 33.1 Å². The van der Waals surface area contributed by atoms with E-state index < -0.39 is 11.4 Å². The van der Waals surface area contributed by atoms with E-state index in [1.807, 2.05) is 12.1 Å². The molecule has 7 heteroatoms. The number of benzene rings is 1. The van der Waals surface area contributed by atoms with E-state index in [1.54, 1.807) is 24.8 Å². The highest BCUT2D eigenvalue weighted by Gasteiger charge is 2.42. The van der Waals surface area contributed by atoms with Gasteiger partial charge in [0, 0.05) is 37.9 Å². The normalized spacial score (nSPS) is 22.5. The quantitative estimate of drug-likeness (QED) is 0.861. The van der Waals surface area contributed by atoms with Gasteiger partial charge >= 0.3 is 12.0 Å². The molecule has 2 heterocycles. The van der Waals surface area contributed by atoms with E-state index in [0.717, 1.165) is 30.6 Å². The molecule has 1 saturated heterocycles. The summed E-state index contributed by atoms with van der Waals surface area (Å²) in [7, 11) is 0. The van der Waals surface area contributed by atoms with Gasteiger partial charge in [-0.15, -0.1) is 0 Å². The van der Waals surface area contributed by atoms with Gasteiger partial charge in [-0.2, -0.15) is 0 Å². The van der Waals surface area contributed by atoms with Gasteiger partial charge in [0.2, 0.25) is 5.91 Å². The Labute approximate surface area is 146 Å². The first-order valence-electron chi connectivity index (χ1n) is 8.50. The second kappa shape index (κ2) is 6.38. The van der Waals surface area contributed by atoms with Crippen LogP contribution in [0.1, 0.15) is 32.3 Å². The lowest BCUT2D eigenvalue weighted by Crippen LogP contribution is -2.37. The van der Waals surface area contributed by atoms with Crippen LogP contribution in [0.15, 0.2) is 18.2 Å². The number of carbonyl (C=O) groups excluding carboxylic acids is 2. The lowest BCUT2D eigenvalue weighted by Gasteiger charge is -2.29. The summed E-state index contributed by atoms with van der Waals surface area (Å²) in [5.74, 6) is -0.858. The Kier molecular flexibility index (Phi) is 4.41. The SMILES string of the molecule is CC(=O)N1CCCc2cc(NC(=O)N3CCC(C)(C(=O)O)C3)ccc21. The van der Waals surface area contributed by atoms with Gasteiger partial charge in [-0.3, -0.25) is 9.59 Å². The molecule has 2 aliphatic heterocycles. The van der Waals surface area contributed by atoms with Crippen molar-refractivity contribution in [3.63, 3.8) is 0 Å². The Balaban J connectivity index is 1.71. The number of hydrogen-bond acceptors (Lipinski definition) is 3. The Bertz CT molecular complexity index is 733. The third-order valence-electron chi connectivity index (χ3n) is 5.11. The van der Waals surface area contributed by atoms with Gasteiger partial charge in [-0.25, -0.2) is 4.79 Å². The van der Waals surface area contributed by atoms with E-state index in [-0.39, 0.29) is 18.5 Å². The van der Waals surface area contributed by atoms with Crippen LogP contribution in [0.5, 0.6) is 0 Å². The molecule has 2 aliphatic rings. The Morgan fingerprint density at radius 2 is 2.00 bits per heavy atom. The summed E-state index contributed by atoms with van der Waals surface area (Å²) in [6.07, 6.45) is 2.21. The highest BCUT2D eigenvalue weighted by Crippen LogP contribution is 2.32. The molecule has 1 aromatic carbocycles. The summed E-state index contributed by atoms with van der Waals surface area (Å²) in [5, 5.41) is 12.1. The second-order valence-corrected chi connectivity index (χ2v) is 7.09. The number of carboxylic acid groups (broad SMARTS) is 1. The van der Waals surface area contributed by atoms with Crippen molar-refractivity contribution in [3.05, 3.63) is 23.8 Å². The number of fused-ring (bicyclic) bond motifs is 1. The minimum absolute atomic E-state index is 0.0164. The maximum absolute atomic E-state index is 12.4. The van der Waals surface area contributed by atoms with Gasteiger partial charge in [0.25, 0.3) is 0 Å². The van der Waals surface area contributed by atoms with Crippen molar-refractivity contribution in [1.29, 1.82) is 0 Å². The fourth-order valence-electron chi connectivity index (χ4n) is 3.51. The van der Waals surface area contributed by atoms with E-state index >= 15 is 0 Å². The molecule has 25 heavy (non-hydrogen) atoms. The predicted molar refractivity (Wildman–Crippen MR) is 93.7 cm³/mol. The summed E-state index contributed by atoms with van der Waals surface area (Å²) in [6.45, 7) is 4.57. The molecule has 7 nitrogen and oxygen atoms in total. The largest absolute Gasteiger partial charge is 0.481 e. The maximum atomic E-state index is 12.4. The summed E-state index contributed by atoms with van der Waals surface area (Å²) >= 11 is 0. The zero-order valence-corrected chi connectivity index (χ0v) is 14.5. The van der Waals surface area contributed by atoms with Crippen LogP contribution in [0, 0.1) is 5.41 Å². The zero-order chi connectivity index (χ0) is 18.2. The van der Waals surface area contributed by atoms with E-state index in [1.165, 1.54) is 4.90 Å². The fourth-order valence-corrected chi connectivity index (χ4v) is 3.51. The first kappa shape index (κ1) is 17.3. The number of amides is 3. The maximum Gasteiger partial charge on any atom is 0.321 e. The van der Waals surface area contributed by atoms with Gasteiger partial charge in [0.15, 0.2) is 0 Å². The highest BCUT2D eigenvalue weighted by molar-refractivity contribution is 5.94. The van der Waals surface area contributed by atoms with Crippen LogP contribution in [-0.4, -0.2) is 47.5 Å². The molecule has 1 fully saturated rings. The summed E-state index contributed by atoms with van der Waals surface area (Å²) in [5.41, 5.74) is 1.72. The zero-order valence-electron chi connectivity index (χ0n) is 14.5. The summed E-state index contributed by atoms with van der Waals surface area (Å²) in [4.78, 5) is 38.7. The van der Waals surface area contributed by atoms with Crippen molar-refractivity contribution in [2.75, 3.05) is 29.9 Å². The smallest absolute Gasteiger partial charge is 0.321 e. The van der Waals surface area contributed by atoms with Crippen molar-refractivity contribution < 1.29 is 19.5 Å². The topological polar surface area (TPSA) is 90.0 Å². The molecule has 3 amide bonds. The number of carboxylic acids is 1. The van der Waals surface area contributed by atoms with Gasteiger partial charge in [0.05, 0.1) is 5.41 Å². The number of hydrogen-bond donors (Lipinski definition) is 2. The number of nitrogens with one attached hydrogen (secondary N) is 1. The number of carbonyl (C=O) groups is 3. The van der Waals surface area contributed by atoms with Crippen LogP contribution in [0.3, 0.4) is 0 Å². The molecular formula is C18H23N3O4. The van der Waals surface area contributed by atoms with E-state index in [4.69, 9.17) is 0 Å². The fraction of sp³-hybridized carbons (Fsp3) is 0.500. The molecule has 0 saturated carbocycles. The summed E-state index contributed by atoms with van der Waals surface area (Å²) in [6, 6.07) is 5.25. The number of aryl methyl sites for hydroxylation is 1. The minimum atomic E-state index is -0.880. The van der Waals surface area contributed by atoms with Crippen molar-refractivity contribution in [1.82, 2.24) is 4.90 Å². The molecular weight excluding hydrogens is 322 g/mol. The number of urea groups is 1. The number of rotatable bonds is 2. The van der Waals surface area contributed by atoms with E-state index in [9.17, 15) is 19.5 Å². The van der Waals surface area contributed by atoms with Crippen LogP contribution in [-0.2, 0) is 16.0 Å². The third-order valence-corrected chi connectivity index (χ3v) is 5.11. The molecule has 1 aromatic rings. The molecule has 0 spiro atoms. The lowest BCUT2D eigenvalue weighted by atomic mass is 9.90. The first-order chi connectivity index (χ1) is 11.8. The van der Waals surface area contributed by atoms with E-state index in [0.29, 0.717) is 18.7 Å². The summed E-state index contributed by atoms with van der Waals surface area (Å²) < 4.78 is 0. The molecule has 0 radical (unpaired) electrons. The Morgan fingerprint density at radius 3 is 2.64 bits per heavy atom. The van der Waals surface area contributed by atoms with Crippen LogP contribution in [0.4, 0.5) is 16.2 Å².